The SMILES string of the molecule is CCC1CCN(c2nc3c(cc2F)c(=O)c(C(=O)O)cn3C2CC2)CC1N.Cl. The number of piperidine rings is 1. The third-order valence-electron chi connectivity index (χ3n) is 5.74. The third kappa shape index (κ3) is 3.46. The second kappa shape index (κ2) is 7.67. The van der Waals surface area contributed by atoms with Gasteiger partial charge in [-0.3, -0.25) is 4.79 Å². The van der Waals surface area contributed by atoms with E-state index in [4.69, 9.17) is 5.73 Å². The number of fused-ring (bicyclic) bond motifs is 1. The van der Waals surface area contributed by atoms with Crippen molar-refractivity contribution in [2.45, 2.75) is 44.7 Å². The van der Waals surface area contributed by atoms with Crippen LogP contribution in [0.1, 0.15) is 49.0 Å². The Kier molecular flexibility index (Phi) is 5.63. The van der Waals surface area contributed by atoms with Crippen molar-refractivity contribution in [2.75, 3.05) is 18.0 Å². The number of halogens is 2. The fraction of sp³-hybridized carbons (Fsp3) is 0.526. The highest BCUT2D eigenvalue weighted by molar-refractivity contribution is 5.92. The molecule has 2 aromatic rings. The van der Waals surface area contributed by atoms with Crippen LogP contribution in [0.25, 0.3) is 11.0 Å². The van der Waals surface area contributed by atoms with Gasteiger partial charge in [0.2, 0.25) is 5.43 Å². The number of hydrogen-bond donors (Lipinski definition) is 2. The summed E-state index contributed by atoms with van der Waals surface area (Å²) in [5.74, 6) is -1.34. The number of rotatable bonds is 4. The van der Waals surface area contributed by atoms with Gasteiger partial charge >= 0.3 is 5.97 Å². The van der Waals surface area contributed by atoms with Crippen LogP contribution in [0.2, 0.25) is 0 Å². The van der Waals surface area contributed by atoms with E-state index in [1.165, 1.54) is 6.20 Å². The van der Waals surface area contributed by atoms with E-state index in [1.807, 2.05) is 4.90 Å². The minimum Gasteiger partial charge on any atom is -0.477 e. The lowest BCUT2D eigenvalue weighted by atomic mass is 9.90. The van der Waals surface area contributed by atoms with E-state index in [0.29, 0.717) is 24.7 Å². The number of pyridine rings is 2. The van der Waals surface area contributed by atoms with Gasteiger partial charge in [0.25, 0.3) is 0 Å². The van der Waals surface area contributed by atoms with Gasteiger partial charge in [-0.15, -0.1) is 12.4 Å². The van der Waals surface area contributed by atoms with E-state index in [1.54, 1.807) is 4.57 Å². The van der Waals surface area contributed by atoms with Crippen LogP contribution < -0.4 is 16.1 Å². The first-order valence-corrected chi connectivity index (χ1v) is 9.40. The highest BCUT2D eigenvalue weighted by Crippen LogP contribution is 2.37. The van der Waals surface area contributed by atoms with Gasteiger partial charge in [0.05, 0.1) is 5.39 Å². The van der Waals surface area contributed by atoms with Crippen LogP contribution in [0.15, 0.2) is 17.1 Å². The van der Waals surface area contributed by atoms with Crippen LogP contribution in [0.4, 0.5) is 10.2 Å². The zero-order valence-corrected chi connectivity index (χ0v) is 16.4. The molecule has 0 radical (unpaired) electrons. The van der Waals surface area contributed by atoms with Crippen molar-refractivity contribution < 1.29 is 14.3 Å². The molecule has 1 saturated carbocycles. The fourth-order valence-corrected chi connectivity index (χ4v) is 3.97. The van der Waals surface area contributed by atoms with Crippen molar-refractivity contribution in [3.05, 3.63) is 33.9 Å². The first kappa shape index (κ1) is 20.5. The number of carboxylic acids is 1. The zero-order chi connectivity index (χ0) is 19.3. The molecular weight excluding hydrogens is 387 g/mol. The summed E-state index contributed by atoms with van der Waals surface area (Å²) in [6.45, 7) is 3.26. The molecule has 0 spiro atoms. The Morgan fingerprint density at radius 1 is 1.39 bits per heavy atom. The Bertz CT molecular complexity index is 976. The van der Waals surface area contributed by atoms with E-state index in [2.05, 4.69) is 11.9 Å². The summed E-state index contributed by atoms with van der Waals surface area (Å²) in [5, 5.41) is 9.32. The second-order valence-electron chi connectivity index (χ2n) is 7.55. The molecule has 7 nitrogen and oxygen atoms in total. The Labute approximate surface area is 167 Å². The van der Waals surface area contributed by atoms with E-state index >= 15 is 0 Å². The lowest BCUT2D eigenvalue weighted by Gasteiger charge is -2.37. The van der Waals surface area contributed by atoms with Gasteiger partial charge in [-0.25, -0.2) is 14.2 Å². The minimum absolute atomic E-state index is 0. The summed E-state index contributed by atoms with van der Waals surface area (Å²) >= 11 is 0. The number of aromatic carboxylic acids is 1. The van der Waals surface area contributed by atoms with Gasteiger partial charge in [0.1, 0.15) is 11.2 Å². The molecule has 152 valence electrons. The van der Waals surface area contributed by atoms with Gasteiger partial charge in [0, 0.05) is 31.4 Å². The molecular formula is C19H24ClFN4O3. The van der Waals surface area contributed by atoms with Crippen molar-refractivity contribution in [1.29, 1.82) is 0 Å². The highest BCUT2D eigenvalue weighted by atomic mass is 35.5. The molecule has 2 aliphatic rings. The Morgan fingerprint density at radius 3 is 2.68 bits per heavy atom. The molecule has 2 fully saturated rings. The number of nitrogens with two attached hydrogens (primary N) is 1. The van der Waals surface area contributed by atoms with Crippen LogP contribution in [-0.4, -0.2) is 39.8 Å². The fourth-order valence-electron chi connectivity index (χ4n) is 3.97. The molecule has 1 aliphatic heterocycles. The van der Waals surface area contributed by atoms with Gasteiger partial charge in [0.15, 0.2) is 11.6 Å². The van der Waals surface area contributed by atoms with Crippen LogP contribution in [0.5, 0.6) is 0 Å². The first-order chi connectivity index (χ1) is 12.9. The first-order valence-electron chi connectivity index (χ1n) is 9.40. The summed E-state index contributed by atoms with van der Waals surface area (Å²) in [7, 11) is 0. The van der Waals surface area contributed by atoms with Crippen LogP contribution in [0.3, 0.4) is 0 Å². The second-order valence-corrected chi connectivity index (χ2v) is 7.55. The summed E-state index contributed by atoms with van der Waals surface area (Å²) in [6, 6.07) is 1.17. The summed E-state index contributed by atoms with van der Waals surface area (Å²) in [5.41, 5.74) is 5.52. The zero-order valence-electron chi connectivity index (χ0n) is 15.6. The van der Waals surface area contributed by atoms with Crippen molar-refractivity contribution >= 4 is 35.2 Å². The molecule has 3 N–H and O–H groups in total. The molecule has 0 bridgehead atoms. The van der Waals surface area contributed by atoms with E-state index in [-0.39, 0.29) is 41.3 Å². The number of carboxylic acid groups (broad SMARTS) is 1. The predicted molar refractivity (Wildman–Crippen MR) is 107 cm³/mol. The molecule has 2 unspecified atom stereocenters. The Balaban J connectivity index is 0.00000225. The molecule has 1 aliphatic carbocycles. The molecule has 1 saturated heterocycles. The van der Waals surface area contributed by atoms with E-state index in [0.717, 1.165) is 31.7 Å². The highest BCUT2D eigenvalue weighted by Gasteiger charge is 2.31. The number of nitrogens with zero attached hydrogens (tertiary/aromatic N) is 3. The van der Waals surface area contributed by atoms with Crippen molar-refractivity contribution in [1.82, 2.24) is 9.55 Å². The van der Waals surface area contributed by atoms with Gasteiger partial charge in [-0.1, -0.05) is 13.3 Å². The van der Waals surface area contributed by atoms with Crippen LogP contribution in [0, 0.1) is 11.7 Å². The number of hydrogen-bond acceptors (Lipinski definition) is 5. The van der Waals surface area contributed by atoms with Crippen molar-refractivity contribution in [2.24, 2.45) is 11.7 Å². The van der Waals surface area contributed by atoms with Gasteiger partial charge in [-0.2, -0.15) is 0 Å². The maximum atomic E-state index is 14.8. The maximum Gasteiger partial charge on any atom is 0.341 e. The normalized spacial score (nSPS) is 22.2. The summed E-state index contributed by atoms with van der Waals surface area (Å²) in [4.78, 5) is 30.2. The lowest BCUT2D eigenvalue weighted by Crippen LogP contribution is -2.49. The Hall–Kier alpha value is -2.19. The lowest BCUT2D eigenvalue weighted by molar-refractivity contribution is 0.0695. The quantitative estimate of drug-likeness (QED) is 0.803. The predicted octanol–water partition coefficient (Wildman–Crippen LogP) is 2.55. The molecule has 2 atom stereocenters. The third-order valence-corrected chi connectivity index (χ3v) is 5.74. The van der Waals surface area contributed by atoms with Gasteiger partial charge in [-0.05, 0) is 31.2 Å². The molecule has 0 aromatic carbocycles. The average molecular weight is 411 g/mol. The van der Waals surface area contributed by atoms with Crippen LogP contribution >= 0.6 is 12.4 Å². The average Bonchev–Trinajstić information content (AvgIpc) is 3.46. The smallest absolute Gasteiger partial charge is 0.341 e. The van der Waals surface area contributed by atoms with Crippen molar-refractivity contribution in [3.8, 4) is 0 Å². The monoisotopic (exact) mass is 410 g/mol. The van der Waals surface area contributed by atoms with Gasteiger partial charge < -0.3 is 20.3 Å². The maximum absolute atomic E-state index is 14.8. The molecule has 3 heterocycles. The molecule has 2 aromatic heterocycles. The molecule has 9 heteroatoms. The molecule has 4 rings (SSSR count). The molecule has 28 heavy (non-hydrogen) atoms. The van der Waals surface area contributed by atoms with Crippen LogP contribution in [-0.2, 0) is 0 Å². The number of anilines is 1. The van der Waals surface area contributed by atoms with E-state index in [9.17, 15) is 19.1 Å². The largest absolute Gasteiger partial charge is 0.477 e. The minimum atomic E-state index is -1.31. The Morgan fingerprint density at radius 2 is 2.11 bits per heavy atom. The topological polar surface area (TPSA) is 101 Å². The van der Waals surface area contributed by atoms with Crippen molar-refractivity contribution in [3.63, 3.8) is 0 Å². The standard InChI is InChI=1S/C19H23FN4O3.ClH/c1-2-10-5-6-23(9-15(10)21)18-14(20)7-12-16(25)13(19(26)27)8-24(11-3-4-11)17(12)22-18;/h7-8,10-11,15H,2-6,9,21H2,1H3,(H,26,27);1H. The summed E-state index contributed by atoms with van der Waals surface area (Å²) < 4.78 is 16.5. The molecule has 0 amide bonds. The number of carbonyl (C=O) groups is 1. The number of aromatic nitrogens is 2. The van der Waals surface area contributed by atoms with E-state index < -0.39 is 17.2 Å². The summed E-state index contributed by atoms with van der Waals surface area (Å²) in [6.07, 6.45) is 4.97.